The molecule has 0 aliphatic carbocycles. The number of piperidine rings is 1. The van der Waals surface area contributed by atoms with E-state index in [4.69, 9.17) is 0 Å². The van der Waals surface area contributed by atoms with E-state index in [-0.39, 0.29) is 6.03 Å². The summed E-state index contributed by atoms with van der Waals surface area (Å²) in [4.78, 5) is 16.0. The van der Waals surface area contributed by atoms with Gasteiger partial charge >= 0.3 is 6.03 Å². The second-order valence-corrected chi connectivity index (χ2v) is 7.48. The average molecular weight is 333 g/mol. The monoisotopic (exact) mass is 333 g/mol. The molecular formula is C19H31N3O2. The number of rotatable bonds is 6. The zero-order valence-electron chi connectivity index (χ0n) is 15.2. The van der Waals surface area contributed by atoms with E-state index in [1.807, 2.05) is 0 Å². The summed E-state index contributed by atoms with van der Waals surface area (Å²) in [6.07, 6.45) is 3.97. The van der Waals surface area contributed by atoms with Crippen molar-refractivity contribution < 1.29 is 9.90 Å². The lowest BCUT2D eigenvalue weighted by Gasteiger charge is -2.26. The molecule has 134 valence electrons. The Hall–Kier alpha value is -1.59. The van der Waals surface area contributed by atoms with Crippen LogP contribution in [-0.2, 0) is 13.1 Å². The maximum Gasteiger partial charge on any atom is 0.317 e. The number of hydrogen-bond donors (Lipinski definition) is 2. The van der Waals surface area contributed by atoms with E-state index >= 15 is 0 Å². The molecule has 1 fully saturated rings. The minimum Gasteiger partial charge on any atom is -0.389 e. The molecule has 1 heterocycles. The van der Waals surface area contributed by atoms with E-state index in [2.05, 4.69) is 34.5 Å². The van der Waals surface area contributed by atoms with Crippen LogP contribution in [0.3, 0.4) is 0 Å². The zero-order chi connectivity index (χ0) is 17.6. The molecule has 0 bridgehead atoms. The molecule has 24 heavy (non-hydrogen) atoms. The smallest absolute Gasteiger partial charge is 0.317 e. The predicted octanol–water partition coefficient (Wildman–Crippen LogP) is 2.58. The van der Waals surface area contributed by atoms with Gasteiger partial charge in [-0.3, -0.25) is 4.90 Å². The molecule has 2 N–H and O–H groups in total. The van der Waals surface area contributed by atoms with Crippen LogP contribution >= 0.6 is 0 Å². The van der Waals surface area contributed by atoms with Gasteiger partial charge in [0.25, 0.3) is 0 Å². The van der Waals surface area contributed by atoms with E-state index in [0.717, 1.165) is 12.1 Å². The van der Waals surface area contributed by atoms with Crippen molar-refractivity contribution >= 4 is 6.03 Å². The van der Waals surface area contributed by atoms with Gasteiger partial charge in [0.1, 0.15) is 0 Å². The number of aliphatic hydroxyl groups is 1. The Balaban J connectivity index is 1.77. The third kappa shape index (κ3) is 6.49. The van der Waals surface area contributed by atoms with Crippen LogP contribution in [0.2, 0.25) is 0 Å². The van der Waals surface area contributed by atoms with Crippen LogP contribution in [0.5, 0.6) is 0 Å². The zero-order valence-corrected chi connectivity index (χ0v) is 15.2. The number of amides is 2. The summed E-state index contributed by atoms with van der Waals surface area (Å²) < 4.78 is 0. The quantitative estimate of drug-likeness (QED) is 0.841. The normalized spacial score (nSPS) is 16.0. The third-order valence-electron chi connectivity index (χ3n) is 4.29. The Morgan fingerprint density at radius 3 is 2.33 bits per heavy atom. The molecule has 5 heteroatoms. The van der Waals surface area contributed by atoms with Gasteiger partial charge in [-0.2, -0.15) is 0 Å². The lowest BCUT2D eigenvalue weighted by atomic mass is 10.1. The Morgan fingerprint density at radius 2 is 1.75 bits per heavy atom. The number of likely N-dealkylation sites (tertiary alicyclic amines) is 1. The first kappa shape index (κ1) is 18.7. The maximum atomic E-state index is 12.0. The molecule has 1 aromatic carbocycles. The third-order valence-corrected chi connectivity index (χ3v) is 4.29. The summed E-state index contributed by atoms with van der Waals surface area (Å²) in [7, 11) is 1.69. The van der Waals surface area contributed by atoms with Crippen molar-refractivity contribution in [3.63, 3.8) is 0 Å². The van der Waals surface area contributed by atoms with Gasteiger partial charge in [-0.25, -0.2) is 4.79 Å². The van der Waals surface area contributed by atoms with Gasteiger partial charge in [-0.1, -0.05) is 30.7 Å². The number of urea groups is 1. The second kappa shape index (κ2) is 8.49. The Labute approximate surface area is 145 Å². The summed E-state index contributed by atoms with van der Waals surface area (Å²) in [6, 6.07) is 8.28. The molecule has 0 unspecified atom stereocenters. The van der Waals surface area contributed by atoms with Crippen LogP contribution in [0.15, 0.2) is 24.3 Å². The summed E-state index contributed by atoms with van der Waals surface area (Å²) in [5.41, 5.74) is 1.52. The highest BCUT2D eigenvalue weighted by Crippen LogP contribution is 2.13. The van der Waals surface area contributed by atoms with E-state index in [1.54, 1.807) is 20.9 Å². The number of benzene rings is 1. The van der Waals surface area contributed by atoms with Crippen molar-refractivity contribution in [1.82, 2.24) is 15.1 Å². The molecule has 1 aromatic rings. The lowest BCUT2D eigenvalue weighted by Crippen LogP contribution is -2.44. The van der Waals surface area contributed by atoms with Gasteiger partial charge in [0, 0.05) is 20.1 Å². The summed E-state index contributed by atoms with van der Waals surface area (Å²) in [5, 5.41) is 12.6. The summed E-state index contributed by atoms with van der Waals surface area (Å²) in [5.74, 6) is 0. The van der Waals surface area contributed by atoms with E-state index in [1.165, 1.54) is 42.8 Å². The van der Waals surface area contributed by atoms with Gasteiger partial charge < -0.3 is 15.3 Å². The van der Waals surface area contributed by atoms with Crippen molar-refractivity contribution in [3.05, 3.63) is 35.4 Å². The predicted molar refractivity (Wildman–Crippen MR) is 96.7 cm³/mol. The number of carbonyl (C=O) groups is 1. The number of hydrogen-bond acceptors (Lipinski definition) is 3. The van der Waals surface area contributed by atoms with Crippen LogP contribution < -0.4 is 5.32 Å². The van der Waals surface area contributed by atoms with Gasteiger partial charge in [-0.15, -0.1) is 0 Å². The Bertz CT molecular complexity index is 516. The minimum absolute atomic E-state index is 0.172. The molecule has 2 amide bonds. The average Bonchev–Trinajstić information content (AvgIpc) is 2.53. The number of nitrogens with zero attached hydrogens (tertiary/aromatic N) is 2. The molecule has 0 atom stereocenters. The van der Waals surface area contributed by atoms with Crippen LogP contribution in [-0.4, -0.2) is 53.2 Å². The van der Waals surface area contributed by atoms with Crippen molar-refractivity contribution in [2.75, 3.05) is 26.7 Å². The van der Waals surface area contributed by atoms with Crippen molar-refractivity contribution in [2.24, 2.45) is 0 Å². The number of carbonyl (C=O) groups excluding carboxylic acids is 1. The van der Waals surface area contributed by atoms with Gasteiger partial charge in [-0.05, 0) is 50.9 Å². The molecule has 0 aromatic heterocycles. The van der Waals surface area contributed by atoms with Gasteiger partial charge in [0.2, 0.25) is 0 Å². The maximum absolute atomic E-state index is 12.0. The van der Waals surface area contributed by atoms with E-state index in [0.29, 0.717) is 13.1 Å². The first-order valence-corrected chi connectivity index (χ1v) is 8.85. The molecule has 1 saturated heterocycles. The van der Waals surface area contributed by atoms with Gasteiger partial charge in [0.05, 0.1) is 12.1 Å². The SMILES string of the molecule is CN(CC(C)(C)O)C(=O)NCc1ccc(CN2CCCCC2)cc1. The molecule has 1 aliphatic heterocycles. The van der Waals surface area contributed by atoms with Crippen molar-refractivity contribution in [2.45, 2.75) is 51.8 Å². The highest BCUT2D eigenvalue weighted by molar-refractivity contribution is 5.73. The molecule has 1 aliphatic rings. The first-order chi connectivity index (χ1) is 11.3. The Morgan fingerprint density at radius 1 is 1.17 bits per heavy atom. The van der Waals surface area contributed by atoms with E-state index < -0.39 is 5.60 Å². The van der Waals surface area contributed by atoms with Crippen LogP contribution in [0.1, 0.15) is 44.2 Å². The molecule has 2 rings (SSSR count). The summed E-state index contributed by atoms with van der Waals surface area (Å²) >= 11 is 0. The molecule has 0 spiro atoms. The topological polar surface area (TPSA) is 55.8 Å². The van der Waals surface area contributed by atoms with Crippen molar-refractivity contribution in [1.29, 1.82) is 0 Å². The fourth-order valence-corrected chi connectivity index (χ4v) is 3.10. The van der Waals surface area contributed by atoms with Crippen molar-refractivity contribution in [3.8, 4) is 0 Å². The Kier molecular flexibility index (Phi) is 6.63. The minimum atomic E-state index is -0.887. The second-order valence-electron chi connectivity index (χ2n) is 7.48. The molecule has 0 saturated carbocycles. The van der Waals surface area contributed by atoms with E-state index in [9.17, 15) is 9.90 Å². The molecule has 5 nitrogen and oxygen atoms in total. The fraction of sp³-hybridized carbons (Fsp3) is 0.632. The molecular weight excluding hydrogens is 302 g/mol. The lowest BCUT2D eigenvalue weighted by molar-refractivity contribution is 0.0531. The van der Waals surface area contributed by atoms with Gasteiger partial charge in [0.15, 0.2) is 0 Å². The first-order valence-electron chi connectivity index (χ1n) is 8.85. The summed E-state index contributed by atoms with van der Waals surface area (Å²) in [6.45, 7) is 7.60. The van der Waals surface area contributed by atoms with Crippen LogP contribution in [0.25, 0.3) is 0 Å². The largest absolute Gasteiger partial charge is 0.389 e. The van der Waals surface area contributed by atoms with Crippen LogP contribution in [0.4, 0.5) is 4.79 Å². The highest BCUT2D eigenvalue weighted by atomic mass is 16.3. The van der Waals surface area contributed by atoms with Crippen LogP contribution in [0, 0.1) is 0 Å². The number of nitrogens with one attached hydrogen (secondary N) is 1. The molecule has 0 radical (unpaired) electrons. The highest BCUT2D eigenvalue weighted by Gasteiger charge is 2.19. The fourth-order valence-electron chi connectivity index (χ4n) is 3.10. The standard InChI is InChI=1S/C19H31N3O2/c1-19(2,24)15-21(3)18(23)20-13-16-7-9-17(10-8-16)14-22-11-5-4-6-12-22/h7-10,24H,4-6,11-15H2,1-3H3,(H,20,23). The number of likely N-dealkylation sites (N-methyl/N-ethyl adjacent to an activating group) is 1.